The van der Waals surface area contributed by atoms with Crippen LogP contribution in [0, 0.1) is 11.3 Å². The molecule has 0 spiro atoms. The maximum absolute atomic E-state index is 10.7. The fraction of sp³-hybridized carbons (Fsp3) is 0.562. The summed E-state index contributed by atoms with van der Waals surface area (Å²) in [4.78, 5) is 10.7. The van der Waals surface area contributed by atoms with Crippen LogP contribution in [0.2, 0.25) is 0 Å². The highest BCUT2D eigenvalue weighted by Gasteiger charge is 2.36. The van der Waals surface area contributed by atoms with Crippen molar-refractivity contribution in [1.82, 2.24) is 0 Å². The molecule has 2 rings (SSSR count). The van der Waals surface area contributed by atoms with Gasteiger partial charge in [-0.1, -0.05) is 20.8 Å². The van der Waals surface area contributed by atoms with Crippen molar-refractivity contribution in [1.29, 1.82) is 0 Å². The van der Waals surface area contributed by atoms with Crippen molar-refractivity contribution in [3.8, 4) is 5.75 Å². The number of carbonyl (C=O) groups is 1. The Bertz CT molecular complexity index is 468. The van der Waals surface area contributed by atoms with Crippen LogP contribution in [-0.4, -0.2) is 18.6 Å². The van der Waals surface area contributed by atoms with Gasteiger partial charge in [0.25, 0.3) is 5.91 Å². The van der Waals surface area contributed by atoms with Gasteiger partial charge in [0.2, 0.25) is 0 Å². The molecule has 2 unspecified atom stereocenters. The lowest BCUT2D eigenvalue weighted by molar-refractivity contribution is -0.119. The van der Waals surface area contributed by atoms with Crippen molar-refractivity contribution in [3.63, 3.8) is 0 Å². The number of rotatable bonds is 5. The highest BCUT2D eigenvalue weighted by atomic mass is 16.5. The fourth-order valence-corrected chi connectivity index (χ4v) is 3.10. The van der Waals surface area contributed by atoms with E-state index in [1.165, 1.54) is 12.8 Å². The Balaban J connectivity index is 1.92. The number of benzene rings is 1. The largest absolute Gasteiger partial charge is 0.484 e. The smallest absolute Gasteiger partial charge is 0.255 e. The van der Waals surface area contributed by atoms with E-state index in [1.807, 2.05) is 24.3 Å². The number of anilines is 1. The lowest BCUT2D eigenvalue weighted by Crippen LogP contribution is -2.22. The molecule has 110 valence electrons. The molecule has 0 heterocycles. The van der Waals surface area contributed by atoms with Gasteiger partial charge in [-0.2, -0.15) is 0 Å². The van der Waals surface area contributed by atoms with Crippen LogP contribution >= 0.6 is 0 Å². The molecule has 20 heavy (non-hydrogen) atoms. The first kappa shape index (κ1) is 14.7. The third-order valence-corrected chi connectivity index (χ3v) is 3.92. The highest BCUT2D eigenvalue weighted by molar-refractivity contribution is 5.75. The number of hydrogen-bond donors (Lipinski definition) is 2. The topological polar surface area (TPSA) is 64.3 Å². The van der Waals surface area contributed by atoms with Crippen molar-refractivity contribution in [3.05, 3.63) is 24.3 Å². The van der Waals surface area contributed by atoms with E-state index < -0.39 is 5.91 Å². The standard InChI is InChI=1S/C16H24N2O2/c1-11-8-16(2,3)9-14(11)18-12-4-6-13(7-5-12)20-10-15(17)19/h4-7,11,14,18H,8-10H2,1-3H3,(H2,17,19). The maximum atomic E-state index is 10.7. The summed E-state index contributed by atoms with van der Waals surface area (Å²) < 4.78 is 5.24. The maximum Gasteiger partial charge on any atom is 0.255 e. The molecule has 4 heteroatoms. The molecule has 1 fully saturated rings. The number of carbonyl (C=O) groups excluding carboxylic acids is 1. The van der Waals surface area contributed by atoms with E-state index >= 15 is 0 Å². The zero-order valence-electron chi connectivity index (χ0n) is 12.5. The number of amides is 1. The van der Waals surface area contributed by atoms with Crippen LogP contribution in [0.5, 0.6) is 5.75 Å². The van der Waals surface area contributed by atoms with Crippen LogP contribution in [0.15, 0.2) is 24.3 Å². The first-order valence-electron chi connectivity index (χ1n) is 7.13. The molecule has 1 saturated carbocycles. The van der Waals surface area contributed by atoms with Crippen molar-refractivity contribution in [2.75, 3.05) is 11.9 Å². The number of nitrogens with two attached hydrogens (primary N) is 1. The summed E-state index contributed by atoms with van der Waals surface area (Å²) >= 11 is 0. The molecular formula is C16H24N2O2. The molecule has 1 aromatic rings. The second-order valence-electron chi connectivity index (χ2n) is 6.58. The van der Waals surface area contributed by atoms with Crippen LogP contribution in [0.1, 0.15) is 33.6 Å². The van der Waals surface area contributed by atoms with Gasteiger partial charge in [-0.3, -0.25) is 4.79 Å². The second kappa shape index (κ2) is 5.73. The van der Waals surface area contributed by atoms with Crippen LogP contribution in [0.3, 0.4) is 0 Å². The Morgan fingerprint density at radius 3 is 2.50 bits per heavy atom. The number of hydrogen-bond acceptors (Lipinski definition) is 3. The van der Waals surface area contributed by atoms with Gasteiger partial charge in [-0.05, 0) is 48.4 Å². The molecule has 2 atom stereocenters. The quantitative estimate of drug-likeness (QED) is 0.869. The Morgan fingerprint density at radius 2 is 2.00 bits per heavy atom. The lowest BCUT2D eigenvalue weighted by atomic mass is 9.91. The molecule has 0 saturated heterocycles. The molecule has 1 amide bonds. The predicted molar refractivity (Wildman–Crippen MR) is 80.7 cm³/mol. The van der Waals surface area contributed by atoms with Gasteiger partial charge >= 0.3 is 0 Å². The monoisotopic (exact) mass is 276 g/mol. The Kier molecular flexibility index (Phi) is 4.21. The van der Waals surface area contributed by atoms with Crippen LogP contribution in [-0.2, 0) is 4.79 Å². The van der Waals surface area contributed by atoms with Crippen molar-refractivity contribution in [2.24, 2.45) is 17.1 Å². The van der Waals surface area contributed by atoms with E-state index in [2.05, 4.69) is 26.1 Å². The summed E-state index contributed by atoms with van der Waals surface area (Å²) in [7, 11) is 0. The van der Waals surface area contributed by atoms with Crippen molar-refractivity contribution < 1.29 is 9.53 Å². The number of nitrogens with one attached hydrogen (secondary N) is 1. The van der Waals surface area contributed by atoms with Crippen molar-refractivity contribution >= 4 is 11.6 Å². The minimum absolute atomic E-state index is 0.0827. The molecule has 1 aliphatic carbocycles. The van der Waals surface area contributed by atoms with Gasteiger partial charge in [0, 0.05) is 11.7 Å². The van der Waals surface area contributed by atoms with E-state index in [0.29, 0.717) is 23.1 Å². The second-order valence-corrected chi connectivity index (χ2v) is 6.58. The molecule has 1 aliphatic rings. The first-order valence-corrected chi connectivity index (χ1v) is 7.13. The van der Waals surface area contributed by atoms with Gasteiger partial charge in [0.1, 0.15) is 5.75 Å². The Morgan fingerprint density at radius 1 is 1.35 bits per heavy atom. The molecule has 0 aliphatic heterocycles. The summed E-state index contributed by atoms with van der Waals surface area (Å²) in [5.41, 5.74) is 6.55. The summed E-state index contributed by atoms with van der Waals surface area (Å²) in [6.07, 6.45) is 2.44. The molecule has 1 aromatic carbocycles. The van der Waals surface area contributed by atoms with Gasteiger partial charge in [-0.15, -0.1) is 0 Å². The molecular weight excluding hydrogens is 252 g/mol. The zero-order valence-corrected chi connectivity index (χ0v) is 12.5. The van der Waals surface area contributed by atoms with Gasteiger partial charge in [0.05, 0.1) is 0 Å². The zero-order chi connectivity index (χ0) is 14.8. The van der Waals surface area contributed by atoms with Gasteiger partial charge < -0.3 is 15.8 Å². The minimum atomic E-state index is -0.464. The normalized spacial score (nSPS) is 24.4. The highest BCUT2D eigenvalue weighted by Crippen LogP contribution is 2.42. The SMILES string of the molecule is CC1CC(C)(C)CC1Nc1ccc(OCC(N)=O)cc1. The molecule has 0 radical (unpaired) electrons. The van der Waals surface area contributed by atoms with Gasteiger partial charge in [-0.25, -0.2) is 0 Å². The molecule has 3 N–H and O–H groups in total. The minimum Gasteiger partial charge on any atom is -0.484 e. The number of ether oxygens (including phenoxy) is 1. The van der Waals surface area contributed by atoms with Crippen LogP contribution in [0.4, 0.5) is 5.69 Å². The Labute approximate surface area is 120 Å². The fourth-order valence-electron chi connectivity index (χ4n) is 3.10. The van der Waals surface area contributed by atoms with Crippen LogP contribution in [0.25, 0.3) is 0 Å². The summed E-state index contributed by atoms with van der Waals surface area (Å²) in [5, 5.41) is 3.59. The molecule has 0 bridgehead atoms. The van der Waals surface area contributed by atoms with E-state index in [4.69, 9.17) is 10.5 Å². The van der Waals surface area contributed by atoms with Crippen molar-refractivity contribution in [2.45, 2.75) is 39.7 Å². The lowest BCUT2D eigenvalue weighted by Gasteiger charge is -2.20. The average molecular weight is 276 g/mol. The van der Waals surface area contributed by atoms with Crippen LogP contribution < -0.4 is 15.8 Å². The summed E-state index contributed by atoms with van der Waals surface area (Å²) in [6, 6.07) is 8.19. The molecule has 0 aromatic heterocycles. The van der Waals surface area contributed by atoms with E-state index in [0.717, 1.165) is 5.69 Å². The van der Waals surface area contributed by atoms with E-state index in [9.17, 15) is 4.79 Å². The summed E-state index contributed by atoms with van der Waals surface area (Å²) in [6.45, 7) is 6.87. The predicted octanol–water partition coefficient (Wildman–Crippen LogP) is 2.79. The third kappa shape index (κ3) is 3.89. The van der Waals surface area contributed by atoms with E-state index in [-0.39, 0.29) is 6.61 Å². The van der Waals surface area contributed by atoms with E-state index in [1.54, 1.807) is 0 Å². The number of primary amides is 1. The Hall–Kier alpha value is -1.71. The first-order chi connectivity index (χ1) is 9.35. The summed E-state index contributed by atoms with van der Waals surface area (Å²) in [5.74, 6) is 0.874. The molecule has 4 nitrogen and oxygen atoms in total. The third-order valence-electron chi connectivity index (χ3n) is 3.92. The van der Waals surface area contributed by atoms with Gasteiger partial charge in [0.15, 0.2) is 6.61 Å². The average Bonchev–Trinajstić information content (AvgIpc) is 2.61.